The average molecular weight is 556 g/mol. The van der Waals surface area contributed by atoms with Crippen LogP contribution in [0.15, 0.2) is 91.0 Å². The summed E-state index contributed by atoms with van der Waals surface area (Å²) in [5.74, 6) is -1.44. The van der Waals surface area contributed by atoms with Crippen LogP contribution in [0.2, 0.25) is 5.02 Å². The van der Waals surface area contributed by atoms with Crippen molar-refractivity contribution < 1.29 is 19.8 Å². The maximum atomic E-state index is 13.2. The van der Waals surface area contributed by atoms with Gasteiger partial charge < -0.3 is 15.5 Å². The number of aromatic hydroxyl groups is 1. The van der Waals surface area contributed by atoms with E-state index < -0.39 is 17.9 Å². The number of amides is 1. The lowest BCUT2D eigenvalue weighted by atomic mass is 9.94. The molecule has 39 heavy (non-hydrogen) atoms. The lowest BCUT2D eigenvalue weighted by molar-refractivity contribution is -0.139. The van der Waals surface area contributed by atoms with Gasteiger partial charge in [-0.25, -0.2) is 4.79 Å². The number of fused-ring (bicyclic) bond motifs is 1. The number of benzene rings is 4. The van der Waals surface area contributed by atoms with Gasteiger partial charge in [-0.3, -0.25) is 4.79 Å². The number of thiophene rings is 1. The molecule has 0 bridgehead atoms. The van der Waals surface area contributed by atoms with Crippen LogP contribution < -0.4 is 5.32 Å². The molecule has 0 aliphatic rings. The highest BCUT2D eigenvalue weighted by Crippen LogP contribution is 2.31. The van der Waals surface area contributed by atoms with E-state index >= 15 is 0 Å². The number of carbonyl (C=O) groups is 2. The summed E-state index contributed by atoms with van der Waals surface area (Å²) in [6.45, 7) is 2.01. The van der Waals surface area contributed by atoms with E-state index in [-0.39, 0.29) is 12.2 Å². The van der Waals surface area contributed by atoms with Crippen LogP contribution in [0, 0.1) is 6.92 Å². The van der Waals surface area contributed by atoms with Gasteiger partial charge in [0.25, 0.3) is 5.91 Å². The minimum Gasteiger partial charge on any atom is -0.508 e. The summed E-state index contributed by atoms with van der Waals surface area (Å²) in [7, 11) is 0. The molecular formula is C32H26ClNO4S. The number of hydrogen-bond acceptors (Lipinski definition) is 4. The van der Waals surface area contributed by atoms with Crippen LogP contribution in [0.1, 0.15) is 31.9 Å². The predicted molar refractivity (Wildman–Crippen MR) is 157 cm³/mol. The van der Waals surface area contributed by atoms with Crippen molar-refractivity contribution in [3.05, 3.63) is 123 Å². The van der Waals surface area contributed by atoms with E-state index in [2.05, 4.69) is 11.4 Å². The van der Waals surface area contributed by atoms with E-state index in [0.717, 1.165) is 43.5 Å². The van der Waals surface area contributed by atoms with Gasteiger partial charge in [0.2, 0.25) is 0 Å². The van der Waals surface area contributed by atoms with Crippen molar-refractivity contribution in [2.24, 2.45) is 0 Å². The molecule has 1 aromatic heterocycles. The molecular weight excluding hydrogens is 530 g/mol. The lowest BCUT2D eigenvalue weighted by Gasteiger charge is -2.17. The molecule has 0 fully saturated rings. The highest BCUT2D eigenvalue weighted by atomic mass is 35.5. The van der Waals surface area contributed by atoms with Crippen molar-refractivity contribution in [3.63, 3.8) is 0 Å². The molecule has 5 rings (SSSR count). The van der Waals surface area contributed by atoms with Crippen LogP contribution in [-0.2, 0) is 17.6 Å². The second-order valence-electron chi connectivity index (χ2n) is 9.56. The van der Waals surface area contributed by atoms with E-state index in [0.29, 0.717) is 16.3 Å². The molecule has 1 amide bonds. The van der Waals surface area contributed by atoms with E-state index in [1.807, 2.05) is 67.6 Å². The first-order valence-electron chi connectivity index (χ1n) is 12.4. The second kappa shape index (κ2) is 11.3. The summed E-state index contributed by atoms with van der Waals surface area (Å²) in [5.41, 5.74) is 5.76. The molecule has 5 nitrogen and oxygen atoms in total. The number of carbonyl (C=O) groups excluding carboxylic acids is 1. The monoisotopic (exact) mass is 555 g/mol. The number of hydrogen-bond donors (Lipinski definition) is 3. The Labute approximate surface area is 235 Å². The average Bonchev–Trinajstić information content (AvgIpc) is 3.34. The molecule has 4 aromatic carbocycles. The minimum absolute atomic E-state index is 0.0914. The number of halogens is 1. The van der Waals surface area contributed by atoms with Crippen LogP contribution in [0.25, 0.3) is 21.2 Å². The molecule has 1 atom stereocenters. The van der Waals surface area contributed by atoms with E-state index in [4.69, 9.17) is 11.6 Å². The quantitative estimate of drug-likeness (QED) is 0.188. The number of rotatable bonds is 8. The summed E-state index contributed by atoms with van der Waals surface area (Å²) in [5, 5.41) is 24.3. The smallest absolute Gasteiger partial charge is 0.326 e. The molecule has 0 saturated carbocycles. The Bertz CT molecular complexity index is 1680. The number of aryl methyl sites for hydroxylation is 1. The molecule has 0 saturated heterocycles. The van der Waals surface area contributed by atoms with Crippen molar-refractivity contribution in [1.29, 1.82) is 0 Å². The van der Waals surface area contributed by atoms with Gasteiger partial charge in [-0.1, -0.05) is 65.7 Å². The van der Waals surface area contributed by atoms with E-state index in [1.54, 1.807) is 24.3 Å². The molecule has 0 aliphatic carbocycles. The van der Waals surface area contributed by atoms with Gasteiger partial charge in [0, 0.05) is 16.1 Å². The molecule has 196 valence electrons. The van der Waals surface area contributed by atoms with Crippen LogP contribution in [0.5, 0.6) is 5.75 Å². The van der Waals surface area contributed by atoms with Crippen LogP contribution in [-0.4, -0.2) is 28.1 Å². The van der Waals surface area contributed by atoms with Gasteiger partial charge in [0.1, 0.15) is 11.8 Å². The van der Waals surface area contributed by atoms with Gasteiger partial charge in [-0.15, -0.1) is 11.3 Å². The molecule has 3 N–H and O–H groups in total. The molecule has 0 unspecified atom stereocenters. The zero-order valence-corrected chi connectivity index (χ0v) is 22.7. The topological polar surface area (TPSA) is 86.6 Å². The molecule has 0 radical (unpaired) electrons. The Balaban J connectivity index is 1.36. The third kappa shape index (κ3) is 6.30. The number of carboxylic acid groups (broad SMARTS) is 1. The fourth-order valence-corrected chi connectivity index (χ4v) is 5.72. The highest BCUT2D eigenvalue weighted by Gasteiger charge is 2.24. The number of phenolic OH excluding ortho intramolecular Hbond substituents is 1. The molecule has 5 aromatic rings. The first-order chi connectivity index (χ1) is 18.7. The van der Waals surface area contributed by atoms with Crippen LogP contribution in [0.3, 0.4) is 0 Å². The molecule has 0 spiro atoms. The summed E-state index contributed by atoms with van der Waals surface area (Å²) in [6, 6.07) is 27.1. The fourth-order valence-electron chi connectivity index (χ4n) is 4.64. The predicted octanol–water partition coefficient (Wildman–Crippen LogP) is 7.25. The van der Waals surface area contributed by atoms with Crippen molar-refractivity contribution in [2.75, 3.05) is 0 Å². The maximum Gasteiger partial charge on any atom is 0.326 e. The lowest BCUT2D eigenvalue weighted by Crippen LogP contribution is -2.42. The normalized spacial score (nSPS) is 11.8. The van der Waals surface area contributed by atoms with Crippen molar-refractivity contribution in [2.45, 2.75) is 25.8 Å². The Morgan fingerprint density at radius 1 is 0.897 bits per heavy atom. The van der Waals surface area contributed by atoms with Gasteiger partial charge in [0.05, 0.1) is 4.88 Å². The van der Waals surface area contributed by atoms with Gasteiger partial charge in [0.15, 0.2) is 0 Å². The molecule has 7 heteroatoms. The summed E-state index contributed by atoms with van der Waals surface area (Å²) < 4.78 is 0.934. The first kappa shape index (κ1) is 26.5. The van der Waals surface area contributed by atoms with Crippen molar-refractivity contribution in [1.82, 2.24) is 5.32 Å². The fraction of sp³-hybridized carbons (Fsp3) is 0.125. The second-order valence-corrected chi connectivity index (χ2v) is 11.1. The maximum absolute atomic E-state index is 13.2. The third-order valence-electron chi connectivity index (χ3n) is 6.61. The summed E-state index contributed by atoms with van der Waals surface area (Å²) >= 11 is 7.33. The number of aliphatic carboxylic acids is 1. The zero-order valence-electron chi connectivity index (χ0n) is 21.1. The first-order valence-corrected chi connectivity index (χ1v) is 13.6. The molecule has 1 heterocycles. The zero-order chi connectivity index (χ0) is 27.5. The van der Waals surface area contributed by atoms with Crippen LogP contribution in [0.4, 0.5) is 0 Å². The Hall–Kier alpha value is -4.13. The third-order valence-corrected chi connectivity index (χ3v) is 7.98. The Kier molecular flexibility index (Phi) is 7.68. The summed E-state index contributed by atoms with van der Waals surface area (Å²) in [6.07, 6.45) is 0.631. The largest absolute Gasteiger partial charge is 0.508 e. The van der Waals surface area contributed by atoms with Crippen molar-refractivity contribution in [3.8, 4) is 16.9 Å². The SMILES string of the molecule is Cc1cccc(Cc2cc(O)ccc2C[C@H](NC(=O)c2cc3cc(-c4ccc(Cl)cc4)ccc3s2)C(=O)O)c1. The molecule has 0 aliphatic heterocycles. The van der Waals surface area contributed by atoms with Gasteiger partial charge in [-0.2, -0.15) is 0 Å². The van der Waals surface area contributed by atoms with E-state index in [1.165, 1.54) is 11.3 Å². The Morgan fingerprint density at radius 2 is 1.67 bits per heavy atom. The van der Waals surface area contributed by atoms with Gasteiger partial charge >= 0.3 is 5.97 Å². The van der Waals surface area contributed by atoms with Gasteiger partial charge in [-0.05, 0) is 89.0 Å². The Morgan fingerprint density at radius 3 is 2.41 bits per heavy atom. The van der Waals surface area contributed by atoms with Crippen molar-refractivity contribution >= 4 is 44.9 Å². The number of nitrogens with one attached hydrogen (secondary N) is 1. The summed E-state index contributed by atoms with van der Waals surface area (Å²) in [4.78, 5) is 25.8. The van der Waals surface area contributed by atoms with E-state index in [9.17, 15) is 19.8 Å². The standard InChI is InChI=1S/C32H26ClNO4S/c1-19-3-2-4-20(13-19)14-24-16-27(35)11-7-23(24)17-28(32(37)38)34-31(36)30-18-25-15-22(8-12-29(25)39-30)21-5-9-26(33)10-6-21/h2-13,15-16,18,28,35H,14,17H2,1H3,(H,34,36)(H,37,38)/t28-/m0/s1. The number of phenols is 1. The number of carboxylic acids is 1. The minimum atomic E-state index is -1.13. The van der Waals surface area contributed by atoms with Crippen LogP contribution >= 0.6 is 22.9 Å². The highest BCUT2D eigenvalue weighted by molar-refractivity contribution is 7.20.